The minimum Gasteiger partial charge on any atom is -0.559 e. The number of hydrogen-bond acceptors (Lipinski definition) is 1. The summed E-state index contributed by atoms with van der Waals surface area (Å²) in [6.07, 6.45) is 2.62. The van der Waals surface area contributed by atoms with Crippen LogP contribution in [0.15, 0.2) is 0 Å². The number of aliphatic hydroxyl groups is 2. The minimum absolute atomic E-state index is 0.246. The van der Waals surface area contributed by atoms with Crippen LogP contribution in [0.4, 0.5) is 0 Å². The van der Waals surface area contributed by atoms with E-state index in [1.807, 2.05) is 0 Å². The van der Waals surface area contributed by atoms with Crippen molar-refractivity contribution in [3.05, 3.63) is 6.79 Å². The molecule has 1 rings (SSSR count). The van der Waals surface area contributed by atoms with E-state index < -0.39 is 0 Å². The van der Waals surface area contributed by atoms with Gasteiger partial charge < -0.3 is 9.47 Å². The molecular formula is C9H18O2. The first-order valence-electron chi connectivity index (χ1n) is 4.24. The molecule has 0 aromatic heterocycles. The summed E-state index contributed by atoms with van der Waals surface area (Å²) in [5, 5.41) is 0. The lowest BCUT2D eigenvalue weighted by Gasteiger charge is -2.31. The van der Waals surface area contributed by atoms with Gasteiger partial charge in [0.1, 0.15) is 6.61 Å². The van der Waals surface area contributed by atoms with Crippen LogP contribution in [0.3, 0.4) is 0 Å². The summed E-state index contributed by atoms with van der Waals surface area (Å²) >= 11 is 0. The van der Waals surface area contributed by atoms with Crippen molar-refractivity contribution in [1.82, 2.24) is 0 Å². The van der Waals surface area contributed by atoms with E-state index in [1.54, 1.807) is 6.79 Å². The van der Waals surface area contributed by atoms with Gasteiger partial charge in [-0.2, -0.15) is 0 Å². The van der Waals surface area contributed by atoms with Crippen molar-refractivity contribution in [3.63, 3.8) is 0 Å². The third-order valence-corrected chi connectivity index (χ3v) is 2.02. The second-order valence-corrected chi connectivity index (χ2v) is 4.14. The fourth-order valence-electron chi connectivity index (χ4n) is 1.24. The van der Waals surface area contributed by atoms with Gasteiger partial charge in [-0.05, 0) is 11.8 Å². The van der Waals surface area contributed by atoms with E-state index in [1.165, 1.54) is 0 Å². The van der Waals surface area contributed by atoms with Crippen LogP contribution in [0.2, 0.25) is 0 Å². The normalized spacial score (nSPS) is 28.1. The highest BCUT2D eigenvalue weighted by Crippen LogP contribution is 2.27. The predicted molar refractivity (Wildman–Crippen MR) is 44.9 cm³/mol. The molecule has 1 saturated heterocycles. The van der Waals surface area contributed by atoms with Gasteiger partial charge in [0.25, 0.3) is 0 Å². The van der Waals surface area contributed by atoms with Crippen LogP contribution in [0.1, 0.15) is 33.6 Å². The standard InChI is InChI=1S/C9H18O2/c1-9(2,3)8-5-4-6-10-7-11-8/h7-8,10H,4-6H2,1-3H3. The molecule has 0 aromatic carbocycles. The summed E-state index contributed by atoms with van der Waals surface area (Å²) in [4.78, 5) is 0. The van der Waals surface area contributed by atoms with Crippen LogP contribution in [0, 0.1) is 12.2 Å². The van der Waals surface area contributed by atoms with Crippen molar-refractivity contribution in [2.45, 2.75) is 39.7 Å². The van der Waals surface area contributed by atoms with Crippen molar-refractivity contribution >= 4 is 0 Å². The SMILES string of the molecule is CC(C)(C)C1CCC[OH+][CH-]O1. The van der Waals surface area contributed by atoms with Gasteiger partial charge in [-0.15, -0.1) is 0 Å². The van der Waals surface area contributed by atoms with E-state index in [4.69, 9.17) is 4.74 Å². The first kappa shape index (κ1) is 9.01. The van der Waals surface area contributed by atoms with E-state index in [0.29, 0.717) is 6.10 Å². The lowest BCUT2D eigenvalue weighted by Crippen LogP contribution is -2.27. The van der Waals surface area contributed by atoms with Crippen molar-refractivity contribution < 1.29 is 9.47 Å². The van der Waals surface area contributed by atoms with Gasteiger partial charge in [0, 0.05) is 12.5 Å². The van der Waals surface area contributed by atoms with Crippen LogP contribution in [0.5, 0.6) is 0 Å². The monoisotopic (exact) mass is 158 g/mol. The van der Waals surface area contributed by atoms with Crippen molar-refractivity contribution in [2.24, 2.45) is 5.41 Å². The highest BCUT2D eigenvalue weighted by Gasteiger charge is 2.24. The Labute approximate surface area is 68.9 Å². The Balaban J connectivity index is 2.43. The van der Waals surface area contributed by atoms with Crippen molar-refractivity contribution in [2.75, 3.05) is 6.61 Å². The summed E-state index contributed by atoms with van der Waals surface area (Å²) < 4.78 is 9.56. The molecule has 1 heterocycles. The van der Waals surface area contributed by atoms with E-state index in [9.17, 15) is 0 Å². The Morgan fingerprint density at radius 2 is 2.18 bits per heavy atom. The molecule has 0 aromatic rings. The molecule has 0 bridgehead atoms. The summed E-state index contributed by atoms with van der Waals surface area (Å²) in [6.45, 7) is 9.15. The first-order chi connectivity index (χ1) is 5.11. The maximum absolute atomic E-state index is 5.48. The molecule has 1 aliphatic heterocycles. The van der Waals surface area contributed by atoms with Crippen molar-refractivity contribution in [3.8, 4) is 0 Å². The zero-order valence-corrected chi connectivity index (χ0v) is 7.63. The van der Waals surface area contributed by atoms with E-state index >= 15 is 0 Å². The Morgan fingerprint density at radius 3 is 2.82 bits per heavy atom. The first-order valence-corrected chi connectivity index (χ1v) is 4.24. The van der Waals surface area contributed by atoms with E-state index in [-0.39, 0.29) is 5.41 Å². The fraction of sp³-hybridized carbons (Fsp3) is 0.889. The summed E-state index contributed by atoms with van der Waals surface area (Å²) in [6, 6.07) is 0. The van der Waals surface area contributed by atoms with Crippen molar-refractivity contribution in [1.29, 1.82) is 0 Å². The van der Waals surface area contributed by atoms with Gasteiger partial charge in [0.15, 0.2) is 0 Å². The Morgan fingerprint density at radius 1 is 1.45 bits per heavy atom. The Kier molecular flexibility index (Phi) is 2.90. The molecular weight excluding hydrogens is 140 g/mol. The lowest BCUT2D eigenvalue weighted by atomic mass is 9.86. The Hall–Kier alpha value is -0.0800. The third-order valence-electron chi connectivity index (χ3n) is 2.02. The van der Waals surface area contributed by atoms with Crippen LogP contribution in [0.25, 0.3) is 0 Å². The zero-order chi connectivity index (χ0) is 8.32. The molecule has 66 valence electrons. The largest absolute Gasteiger partial charge is 0.559 e. The highest BCUT2D eigenvalue weighted by molar-refractivity contribution is 4.75. The highest BCUT2D eigenvalue weighted by atomic mass is 16.7. The van der Waals surface area contributed by atoms with Gasteiger partial charge in [0.05, 0.1) is 6.79 Å². The molecule has 1 atom stereocenters. The third kappa shape index (κ3) is 2.80. The molecule has 2 heteroatoms. The topological polar surface area (TPSA) is 22.0 Å². The molecule has 0 aliphatic carbocycles. The second kappa shape index (κ2) is 3.55. The van der Waals surface area contributed by atoms with Crippen LogP contribution >= 0.6 is 0 Å². The number of rotatable bonds is 0. The maximum Gasteiger partial charge on any atom is 0.120 e. The molecule has 1 N–H and O–H groups in total. The van der Waals surface area contributed by atoms with Gasteiger partial charge in [-0.3, -0.25) is 0 Å². The summed E-state index contributed by atoms with van der Waals surface area (Å²) in [5.74, 6) is 0. The summed E-state index contributed by atoms with van der Waals surface area (Å²) in [5.41, 5.74) is 0.246. The zero-order valence-electron chi connectivity index (χ0n) is 7.63. The predicted octanol–water partition coefficient (Wildman–Crippen LogP) is 1.86. The smallest absolute Gasteiger partial charge is 0.120 e. The lowest BCUT2D eigenvalue weighted by molar-refractivity contribution is -0.110. The molecule has 0 saturated carbocycles. The van der Waals surface area contributed by atoms with Crippen LogP contribution in [-0.4, -0.2) is 17.4 Å². The van der Waals surface area contributed by atoms with E-state index in [0.717, 1.165) is 19.4 Å². The Bertz CT molecular complexity index is 107. The fourth-order valence-corrected chi connectivity index (χ4v) is 1.24. The van der Waals surface area contributed by atoms with Gasteiger partial charge in [-0.25, -0.2) is 0 Å². The quantitative estimate of drug-likeness (QED) is 0.389. The second-order valence-electron chi connectivity index (χ2n) is 4.14. The molecule has 0 amide bonds. The molecule has 0 radical (unpaired) electrons. The summed E-state index contributed by atoms with van der Waals surface area (Å²) in [7, 11) is 0. The molecule has 2 nitrogen and oxygen atoms in total. The molecule has 1 unspecified atom stereocenters. The van der Waals surface area contributed by atoms with Gasteiger partial charge >= 0.3 is 0 Å². The number of hydrogen-bond donors (Lipinski definition) is 0. The molecule has 0 spiro atoms. The average Bonchev–Trinajstić information content (AvgIpc) is 2.10. The molecule has 1 fully saturated rings. The van der Waals surface area contributed by atoms with Crippen LogP contribution < -0.4 is 0 Å². The van der Waals surface area contributed by atoms with Crippen LogP contribution in [-0.2, 0) is 4.74 Å². The van der Waals surface area contributed by atoms with E-state index in [2.05, 4.69) is 25.5 Å². The maximum atomic E-state index is 5.48. The van der Waals surface area contributed by atoms with Gasteiger partial charge in [-0.1, -0.05) is 20.8 Å². The molecule has 1 aliphatic rings. The number of ether oxygens (including phenoxy) is 2. The average molecular weight is 158 g/mol. The van der Waals surface area contributed by atoms with Gasteiger partial charge in [0.2, 0.25) is 0 Å². The minimum atomic E-state index is 0.246. The molecule has 11 heavy (non-hydrogen) atoms.